The lowest BCUT2D eigenvalue weighted by molar-refractivity contribution is 0.0690. The highest BCUT2D eigenvalue weighted by molar-refractivity contribution is 5.88. The predicted molar refractivity (Wildman–Crippen MR) is 79.8 cm³/mol. The van der Waals surface area contributed by atoms with Crippen LogP contribution in [-0.2, 0) is 5.41 Å². The lowest BCUT2D eigenvalue weighted by atomic mass is 9.86. The second-order valence-corrected chi connectivity index (χ2v) is 6.17. The van der Waals surface area contributed by atoms with E-state index in [9.17, 15) is 14.3 Å². The lowest BCUT2D eigenvalue weighted by Crippen LogP contribution is -2.18. The first-order chi connectivity index (χ1) is 10.3. The van der Waals surface area contributed by atoms with Gasteiger partial charge in [0.25, 0.3) is 0 Å². The Bertz CT molecular complexity index is 784. The van der Waals surface area contributed by atoms with Crippen LogP contribution in [0.3, 0.4) is 0 Å². The van der Waals surface area contributed by atoms with Crippen LogP contribution in [0.25, 0.3) is 11.3 Å². The molecule has 0 radical (unpaired) electrons. The highest BCUT2D eigenvalue weighted by Crippen LogP contribution is 2.44. The van der Waals surface area contributed by atoms with Crippen LogP contribution in [0.5, 0.6) is 5.75 Å². The van der Waals surface area contributed by atoms with Crippen LogP contribution in [0.2, 0.25) is 0 Å². The van der Waals surface area contributed by atoms with Gasteiger partial charge >= 0.3 is 5.97 Å². The van der Waals surface area contributed by atoms with E-state index < -0.39 is 5.97 Å². The maximum atomic E-state index is 13.5. The summed E-state index contributed by atoms with van der Waals surface area (Å²) in [5, 5.41) is 9.29. The number of pyridine rings is 1. The van der Waals surface area contributed by atoms with Crippen LogP contribution in [0, 0.1) is 12.7 Å². The molecule has 114 valence electrons. The second kappa shape index (κ2) is 4.80. The van der Waals surface area contributed by atoms with Crippen LogP contribution < -0.4 is 4.74 Å². The lowest BCUT2D eigenvalue weighted by Gasteiger charge is -2.16. The predicted octanol–water partition coefficient (Wildman–Crippen LogP) is 3.56. The van der Waals surface area contributed by atoms with Crippen molar-refractivity contribution in [3.05, 3.63) is 46.9 Å². The van der Waals surface area contributed by atoms with Crippen LogP contribution in [0.15, 0.2) is 24.3 Å². The maximum absolute atomic E-state index is 13.5. The Kier molecular flexibility index (Phi) is 3.16. The highest BCUT2D eigenvalue weighted by Gasteiger charge is 2.35. The quantitative estimate of drug-likeness (QED) is 0.921. The number of aromatic carboxylic acids is 1. The van der Waals surface area contributed by atoms with Gasteiger partial charge < -0.3 is 9.84 Å². The van der Waals surface area contributed by atoms with Gasteiger partial charge in [0, 0.05) is 16.5 Å². The van der Waals surface area contributed by atoms with Gasteiger partial charge in [0.05, 0.1) is 6.61 Å². The van der Waals surface area contributed by atoms with Gasteiger partial charge in [-0.2, -0.15) is 0 Å². The van der Waals surface area contributed by atoms with Crippen LogP contribution in [0.1, 0.15) is 35.5 Å². The second-order valence-electron chi connectivity index (χ2n) is 6.17. The molecule has 2 aromatic rings. The van der Waals surface area contributed by atoms with Crippen molar-refractivity contribution in [3.8, 4) is 17.0 Å². The molecule has 0 atom stereocenters. The first-order valence-electron chi connectivity index (χ1n) is 6.98. The first kappa shape index (κ1) is 14.5. The molecule has 4 nitrogen and oxygen atoms in total. The number of fused-ring (bicyclic) bond motifs is 1. The Balaban J connectivity index is 2.27. The molecule has 0 unspecified atom stereocenters. The topological polar surface area (TPSA) is 59.4 Å². The number of hydrogen-bond donors (Lipinski definition) is 1. The molecule has 0 aliphatic carbocycles. The molecule has 1 aliphatic rings. The van der Waals surface area contributed by atoms with Gasteiger partial charge in [-0.05, 0) is 36.8 Å². The molecular formula is C17H16FNO3. The molecule has 0 saturated heterocycles. The summed E-state index contributed by atoms with van der Waals surface area (Å²) in [6.07, 6.45) is 0. The number of aryl methyl sites for hydroxylation is 1. The largest absolute Gasteiger partial charge is 0.490 e. The Morgan fingerprint density at radius 1 is 1.36 bits per heavy atom. The molecule has 0 fully saturated rings. The van der Waals surface area contributed by atoms with Gasteiger partial charge in [0.2, 0.25) is 0 Å². The van der Waals surface area contributed by atoms with Crippen molar-refractivity contribution in [2.75, 3.05) is 6.61 Å². The minimum Gasteiger partial charge on any atom is -0.490 e. The molecule has 0 bridgehead atoms. The molecule has 0 spiro atoms. The molecule has 0 amide bonds. The number of carboxylic acids is 1. The zero-order valence-electron chi connectivity index (χ0n) is 12.6. The summed E-state index contributed by atoms with van der Waals surface area (Å²) < 4.78 is 19.2. The van der Waals surface area contributed by atoms with Gasteiger partial charge in [-0.25, -0.2) is 14.2 Å². The van der Waals surface area contributed by atoms with Crippen molar-refractivity contribution in [1.29, 1.82) is 0 Å². The Hall–Kier alpha value is -2.43. The van der Waals surface area contributed by atoms with Crippen molar-refractivity contribution < 1.29 is 19.0 Å². The standard InChI is InChI=1S/C17H16FNO3/c1-9-6-10(4-5-12(9)18)14-15-11(17(2,3)8-22-15)7-13(19-14)16(20)21/h4-7H,8H2,1-3H3,(H,20,21). The number of nitrogens with zero attached hydrogens (tertiary/aromatic N) is 1. The third kappa shape index (κ3) is 2.22. The van der Waals surface area contributed by atoms with Gasteiger partial charge in [0.15, 0.2) is 0 Å². The van der Waals surface area contributed by atoms with Crippen molar-refractivity contribution in [1.82, 2.24) is 4.98 Å². The van der Waals surface area contributed by atoms with Crippen molar-refractivity contribution >= 4 is 5.97 Å². The third-order valence-electron chi connectivity index (χ3n) is 3.93. The molecule has 1 aliphatic heterocycles. The average molecular weight is 301 g/mol. The number of aromatic nitrogens is 1. The van der Waals surface area contributed by atoms with E-state index in [2.05, 4.69) is 4.98 Å². The van der Waals surface area contributed by atoms with E-state index in [0.29, 0.717) is 29.2 Å². The van der Waals surface area contributed by atoms with Crippen LogP contribution >= 0.6 is 0 Å². The van der Waals surface area contributed by atoms with Crippen molar-refractivity contribution in [2.24, 2.45) is 0 Å². The van der Waals surface area contributed by atoms with Gasteiger partial charge in [-0.15, -0.1) is 0 Å². The van der Waals surface area contributed by atoms with Gasteiger partial charge in [-0.3, -0.25) is 0 Å². The van der Waals surface area contributed by atoms with E-state index in [-0.39, 0.29) is 16.9 Å². The van der Waals surface area contributed by atoms with Crippen molar-refractivity contribution in [2.45, 2.75) is 26.2 Å². The van der Waals surface area contributed by atoms with Crippen molar-refractivity contribution in [3.63, 3.8) is 0 Å². The zero-order chi connectivity index (χ0) is 16.1. The molecule has 2 heterocycles. The number of carboxylic acid groups (broad SMARTS) is 1. The Morgan fingerprint density at radius 2 is 2.09 bits per heavy atom. The summed E-state index contributed by atoms with van der Waals surface area (Å²) in [5.41, 5.74) is 2.07. The minimum absolute atomic E-state index is 0.0331. The first-order valence-corrected chi connectivity index (χ1v) is 6.98. The van der Waals surface area contributed by atoms with E-state index in [0.717, 1.165) is 5.56 Å². The number of ether oxygens (including phenoxy) is 1. The number of halogens is 1. The summed E-state index contributed by atoms with van der Waals surface area (Å²) in [5.74, 6) is -0.817. The molecule has 1 N–H and O–H groups in total. The SMILES string of the molecule is Cc1cc(-c2nc(C(=O)O)cc3c2OCC3(C)C)ccc1F. The summed E-state index contributed by atoms with van der Waals surface area (Å²) in [6, 6.07) is 6.15. The average Bonchev–Trinajstić information content (AvgIpc) is 2.77. The highest BCUT2D eigenvalue weighted by atomic mass is 19.1. The van der Waals surface area contributed by atoms with E-state index in [1.807, 2.05) is 13.8 Å². The summed E-state index contributed by atoms with van der Waals surface area (Å²) in [7, 11) is 0. The number of hydrogen-bond acceptors (Lipinski definition) is 3. The van der Waals surface area contributed by atoms with E-state index in [4.69, 9.17) is 4.74 Å². The van der Waals surface area contributed by atoms with Gasteiger partial charge in [-0.1, -0.05) is 13.8 Å². The van der Waals surface area contributed by atoms with E-state index >= 15 is 0 Å². The molecular weight excluding hydrogens is 285 g/mol. The number of rotatable bonds is 2. The van der Waals surface area contributed by atoms with E-state index in [1.54, 1.807) is 25.1 Å². The molecule has 22 heavy (non-hydrogen) atoms. The monoisotopic (exact) mass is 301 g/mol. The summed E-state index contributed by atoms with van der Waals surface area (Å²) in [6.45, 7) is 6.10. The molecule has 5 heteroatoms. The fourth-order valence-corrected chi connectivity index (χ4v) is 2.61. The third-order valence-corrected chi connectivity index (χ3v) is 3.93. The number of carbonyl (C=O) groups is 1. The van der Waals surface area contributed by atoms with E-state index in [1.165, 1.54) is 6.07 Å². The van der Waals surface area contributed by atoms with Crippen LogP contribution in [-0.4, -0.2) is 22.7 Å². The summed E-state index contributed by atoms with van der Waals surface area (Å²) in [4.78, 5) is 15.6. The maximum Gasteiger partial charge on any atom is 0.354 e. The normalized spacial score (nSPS) is 15.3. The fourth-order valence-electron chi connectivity index (χ4n) is 2.61. The fraction of sp³-hybridized carbons (Fsp3) is 0.294. The number of benzene rings is 1. The summed E-state index contributed by atoms with van der Waals surface area (Å²) >= 11 is 0. The minimum atomic E-state index is -1.09. The Morgan fingerprint density at radius 3 is 2.73 bits per heavy atom. The van der Waals surface area contributed by atoms with Crippen LogP contribution in [0.4, 0.5) is 4.39 Å². The molecule has 0 saturated carbocycles. The smallest absolute Gasteiger partial charge is 0.354 e. The van der Waals surface area contributed by atoms with Gasteiger partial charge in [0.1, 0.15) is 23.0 Å². The Labute approximate surface area is 127 Å². The molecule has 3 rings (SSSR count). The zero-order valence-corrected chi connectivity index (χ0v) is 12.6. The molecule has 1 aromatic heterocycles. The molecule has 1 aromatic carbocycles.